The van der Waals surface area contributed by atoms with Gasteiger partial charge in [0.1, 0.15) is 17.1 Å². The Hall–Kier alpha value is -2.05. The van der Waals surface area contributed by atoms with Crippen LogP contribution in [0.3, 0.4) is 0 Å². The average molecular weight is 361 g/mol. The Morgan fingerprint density at radius 3 is 2.48 bits per heavy atom. The van der Waals surface area contributed by atoms with E-state index in [0.717, 1.165) is 23.5 Å². The Morgan fingerprint density at radius 1 is 1.24 bits per heavy atom. The molecule has 5 nitrogen and oxygen atoms in total. The highest BCUT2D eigenvalue weighted by Crippen LogP contribution is 2.46. The van der Waals surface area contributed by atoms with Crippen LogP contribution in [0, 0.1) is 5.92 Å². The third kappa shape index (κ3) is 4.52. The molecule has 6 heteroatoms. The monoisotopic (exact) mass is 361 g/mol. The highest BCUT2D eigenvalue weighted by atomic mass is 32.1. The summed E-state index contributed by atoms with van der Waals surface area (Å²) in [5, 5.41) is 15.7. The van der Waals surface area contributed by atoms with Crippen molar-refractivity contribution >= 4 is 17.2 Å². The lowest BCUT2D eigenvalue weighted by Gasteiger charge is -2.27. The molecule has 2 N–H and O–H groups in total. The molecule has 2 aromatic rings. The number of thiophene rings is 1. The molecule has 1 amide bonds. The molecule has 25 heavy (non-hydrogen) atoms. The topological polar surface area (TPSA) is 67.8 Å². The maximum atomic E-state index is 12.1. The smallest absolute Gasteiger partial charge is 0.258 e. The van der Waals surface area contributed by atoms with Crippen molar-refractivity contribution in [1.29, 1.82) is 0 Å². The van der Waals surface area contributed by atoms with Gasteiger partial charge in [-0.25, -0.2) is 0 Å². The minimum Gasteiger partial charge on any atom is -0.494 e. The molecule has 1 fully saturated rings. The molecule has 1 aliphatic rings. The van der Waals surface area contributed by atoms with Crippen LogP contribution in [-0.4, -0.2) is 30.8 Å². The molecular weight excluding hydrogens is 338 g/mol. The van der Waals surface area contributed by atoms with Crippen LogP contribution in [0.4, 0.5) is 0 Å². The lowest BCUT2D eigenvalue weighted by atomic mass is 9.95. The van der Waals surface area contributed by atoms with E-state index in [1.807, 2.05) is 24.4 Å². The number of hydrogen-bond donors (Lipinski definition) is 2. The highest BCUT2D eigenvalue weighted by Gasteiger charge is 2.45. The van der Waals surface area contributed by atoms with Crippen LogP contribution >= 0.6 is 11.3 Å². The van der Waals surface area contributed by atoms with Gasteiger partial charge in [-0.3, -0.25) is 4.79 Å². The molecule has 3 rings (SSSR count). The Morgan fingerprint density at radius 2 is 1.92 bits per heavy atom. The van der Waals surface area contributed by atoms with E-state index in [4.69, 9.17) is 9.47 Å². The molecule has 0 radical (unpaired) electrons. The Balaban J connectivity index is 1.49. The highest BCUT2D eigenvalue weighted by molar-refractivity contribution is 7.10. The summed E-state index contributed by atoms with van der Waals surface area (Å²) in [6.07, 6.45) is 1.99. The fourth-order valence-electron chi connectivity index (χ4n) is 2.75. The number of ether oxygens (including phenoxy) is 2. The molecule has 0 saturated heterocycles. The van der Waals surface area contributed by atoms with Gasteiger partial charge in [-0.2, -0.15) is 0 Å². The summed E-state index contributed by atoms with van der Waals surface area (Å²) in [6.45, 7) is 2.66. The normalized spacial score (nSPS) is 16.1. The van der Waals surface area contributed by atoms with Crippen molar-refractivity contribution in [2.75, 3.05) is 19.8 Å². The summed E-state index contributed by atoms with van der Waals surface area (Å²) in [7, 11) is 0. The van der Waals surface area contributed by atoms with Gasteiger partial charge in [-0.15, -0.1) is 11.3 Å². The molecule has 1 aromatic heterocycles. The maximum absolute atomic E-state index is 12.1. The first-order valence-corrected chi connectivity index (χ1v) is 9.38. The van der Waals surface area contributed by atoms with Crippen LogP contribution < -0.4 is 14.8 Å². The molecule has 0 spiro atoms. The number of amides is 1. The molecule has 1 heterocycles. The zero-order valence-corrected chi connectivity index (χ0v) is 15.1. The summed E-state index contributed by atoms with van der Waals surface area (Å²) in [4.78, 5) is 13.0. The van der Waals surface area contributed by atoms with E-state index in [1.54, 1.807) is 24.3 Å². The average Bonchev–Trinajstić information content (AvgIpc) is 3.34. The van der Waals surface area contributed by atoms with E-state index in [2.05, 4.69) is 5.32 Å². The van der Waals surface area contributed by atoms with Crippen molar-refractivity contribution in [3.8, 4) is 11.5 Å². The minimum atomic E-state index is -0.969. The molecule has 134 valence electrons. The number of carbonyl (C=O) groups is 1. The molecule has 1 saturated carbocycles. The fourth-order valence-corrected chi connectivity index (χ4v) is 3.65. The fraction of sp³-hybridized carbons (Fsp3) is 0.421. The van der Waals surface area contributed by atoms with Gasteiger partial charge in [-0.05, 0) is 61.4 Å². The largest absolute Gasteiger partial charge is 0.494 e. The van der Waals surface area contributed by atoms with Crippen LogP contribution in [0.2, 0.25) is 0 Å². The predicted molar refractivity (Wildman–Crippen MR) is 97.1 cm³/mol. The molecule has 1 aromatic carbocycles. The zero-order valence-electron chi connectivity index (χ0n) is 14.2. The second-order valence-electron chi connectivity index (χ2n) is 6.15. The van der Waals surface area contributed by atoms with Gasteiger partial charge in [-0.1, -0.05) is 6.07 Å². The van der Waals surface area contributed by atoms with Crippen molar-refractivity contribution in [2.45, 2.75) is 25.4 Å². The third-order valence-corrected chi connectivity index (χ3v) is 5.30. The van der Waals surface area contributed by atoms with Crippen LogP contribution in [0.25, 0.3) is 0 Å². The van der Waals surface area contributed by atoms with Gasteiger partial charge in [0.2, 0.25) is 0 Å². The summed E-state index contributed by atoms with van der Waals surface area (Å²) in [6, 6.07) is 11.0. The van der Waals surface area contributed by atoms with Crippen molar-refractivity contribution in [1.82, 2.24) is 5.32 Å². The van der Waals surface area contributed by atoms with Crippen molar-refractivity contribution < 1.29 is 19.4 Å². The summed E-state index contributed by atoms with van der Waals surface area (Å²) in [5.74, 6) is 1.35. The molecule has 0 bridgehead atoms. The predicted octanol–water partition coefficient (Wildman–Crippen LogP) is 2.94. The Labute approximate surface area is 151 Å². The molecule has 1 aliphatic carbocycles. The van der Waals surface area contributed by atoms with Gasteiger partial charge in [0, 0.05) is 4.88 Å². The molecule has 1 atom stereocenters. The van der Waals surface area contributed by atoms with E-state index in [-0.39, 0.29) is 25.0 Å². The summed E-state index contributed by atoms with van der Waals surface area (Å²) in [5.41, 5.74) is -0.969. The number of rotatable bonds is 9. The van der Waals surface area contributed by atoms with E-state index in [9.17, 15) is 9.90 Å². The number of benzene rings is 1. The van der Waals surface area contributed by atoms with E-state index >= 15 is 0 Å². The molecular formula is C19H23NO4S. The number of carbonyl (C=O) groups excluding carboxylic acids is 1. The van der Waals surface area contributed by atoms with Crippen molar-refractivity contribution in [2.24, 2.45) is 5.92 Å². The lowest BCUT2D eigenvalue weighted by Crippen LogP contribution is -2.43. The number of nitrogens with one attached hydrogen (secondary N) is 1. The third-order valence-electron chi connectivity index (χ3n) is 4.26. The van der Waals surface area contributed by atoms with Gasteiger partial charge < -0.3 is 19.9 Å². The second-order valence-corrected chi connectivity index (χ2v) is 7.09. The molecule has 1 unspecified atom stereocenters. The van der Waals surface area contributed by atoms with Crippen LogP contribution in [0.15, 0.2) is 41.8 Å². The SMILES string of the molecule is CCOc1ccc(OCC(=O)NCC(O)(c2cccs2)C2CC2)cc1. The van der Waals surface area contributed by atoms with E-state index < -0.39 is 5.60 Å². The van der Waals surface area contributed by atoms with Crippen molar-refractivity contribution in [3.05, 3.63) is 46.7 Å². The first-order valence-electron chi connectivity index (χ1n) is 8.50. The number of aliphatic hydroxyl groups is 1. The van der Waals surface area contributed by atoms with Crippen LogP contribution in [0.5, 0.6) is 11.5 Å². The summed E-state index contributed by atoms with van der Waals surface area (Å²) >= 11 is 1.52. The van der Waals surface area contributed by atoms with E-state index in [0.29, 0.717) is 12.4 Å². The van der Waals surface area contributed by atoms with Gasteiger partial charge in [0.25, 0.3) is 5.91 Å². The van der Waals surface area contributed by atoms with Gasteiger partial charge in [0.05, 0.1) is 13.2 Å². The van der Waals surface area contributed by atoms with Crippen LogP contribution in [0.1, 0.15) is 24.6 Å². The Bertz CT molecular complexity index is 682. The zero-order chi connectivity index (χ0) is 17.7. The maximum Gasteiger partial charge on any atom is 0.258 e. The Kier molecular flexibility index (Phi) is 5.60. The lowest BCUT2D eigenvalue weighted by molar-refractivity contribution is -0.124. The van der Waals surface area contributed by atoms with Gasteiger partial charge in [0.15, 0.2) is 6.61 Å². The first kappa shape index (κ1) is 17.8. The summed E-state index contributed by atoms with van der Waals surface area (Å²) < 4.78 is 10.9. The minimum absolute atomic E-state index is 0.0842. The number of hydrogen-bond acceptors (Lipinski definition) is 5. The molecule has 0 aliphatic heterocycles. The standard InChI is InChI=1S/C19H23NO4S/c1-2-23-15-7-9-16(10-8-15)24-12-18(21)20-13-19(22,14-5-6-14)17-4-3-11-25-17/h3-4,7-11,14,22H,2,5-6,12-13H2,1H3,(H,20,21). The quantitative estimate of drug-likeness (QED) is 0.721. The van der Waals surface area contributed by atoms with Gasteiger partial charge >= 0.3 is 0 Å². The second kappa shape index (κ2) is 7.89. The van der Waals surface area contributed by atoms with E-state index in [1.165, 1.54) is 11.3 Å². The van der Waals surface area contributed by atoms with Crippen molar-refractivity contribution in [3.63, 3.8) is 0 Å². The van der Waals surface area contributed by atoms with Crippen LogP contribution in [-0.2, 0) is 10.4 Å². The first-order chi connectivity index (χ1) is 12.1.